The molecule has 1 aliphatic carbocycles. The van der Waals surface area contributed by atoms with E-state index in [0.717, 1.165) is 31.7 Å². The average molecular weight is 292 g/mol. The minimum absolute atomic E-state index is 0.353. The smallest absolute Gasteiger partial charge is 0.119 e. The normalized spacial score (nSPS) is 22.9. The van der Waals surface area contributed by atoms with Crippen molar-refractivity contribution in [3.8, 4) is 5.75 Å². The molecule has 1 fully saturated rings. The Morgan fingerprint density at radius 1 is 1.33 bits per heavy atom. The molecule has 21 heavy (non-hydrogen) atoms. The summed E-state index contributed by atoms with van der Waals surface area (Å²) in [5.41, 5.74) is 1.28. The van der Waals surface area contributed by atoms with Crippen LogP contribution in [0, 0.1) is 0 Å². The number of benzene rings is 1. The zero-order chi connectivity index (χ0) is 15.2. The molecule has 1 saturated carbocycles. The van der Waals surface area contributed by atoms with E-state index in [1.54, 1.807) is 7.11 Å². The minimum atomic E-state index is 0.353. The van der Waals surface area contributed by atoms with E-state index in [4.69, 9.17) is 9.47 Å². The molecule has 0 saturated heterocycles. The van der Waals surface area contributed by atoms with Crippen molar-refractivity contribution >= 4 is 0 Å². The van der Waals surface area contributed by atoms with Crippen molar-refractivity contribution in [3.05, 3.63) is 29.8 Å². The topological polar surface area (TPSA) is 33.7 Å². The van der Waals surface area contributed by atoms with Crippen molar-refractivity contribution in [2.24, 2.45) is 0 Å². The molecule has 1 unspecified atom stereocenters. The third-order valence-corrected chi connectivity index (χ3v) is 4.20. The van der Waals surface area contributed by atoms with Crippen LogP contribution in [-0.4, -0.2) is 51.4 Å². The third-order valence-electron chi connectivity index (χ3n) is 4.20. The van der Waals surface area contributed by atoms with Crippen molar-refractivity contribution in [1.29, 1.82) is 0 Å². The van der Waals surface area contributed by atoms with Crippen molar-refractivity contribution in [1.82, 2.24) is 10.2 Å². The molecule has 1 aromatic rings. The lowest BCUT2D eigenvalue weighted by molar-refractivity contribution is -0.0109. The average Bonchev–Trinajstić information content (AvgIpc) is 2.44. The van der Waals surface area contributed by atoms with Crippen molar-refractivity contribution < 1.29 is 9.47 Å². The predicted molar refractivity (Wildman–Crippen MR) is 85.9 cm³/mol. The van der Waals surface area contributed by atoms with Crippen molar-refractivity contribution in [2.45, 2.75) is 38.0 Å². The van der Waals surface area contributed by atoms with Gasteiger partial charge in [-0.2, -0.15) is 0 Å². The van der Waals surface area contributed by atoms with Crippen LogP contribution in [0.4, 0.5) is 0 Å². The number of nitrogens with zero attached hydrogens (tertiary/aromatic N) is 1. The first-order valence-corrected chi connectivity index (χ1v) is 7.79. The zero-order valence-corrected chi connectivity index (χ0v) is 13.6. The number of rotatable bonds is 8. The molecule has 118 valence electrons. The molecule has 1 N–H and O–H groups in total. The summed E-state index contributed by atoms with van der Waals surface area (Å²) in [5, 5.41) is 3.66. The molecule has 0 aromatic heterocycles. The summed E-state index contributed by atoms with van der Waals surface area (Å²) in [5.74, 6) is 0.916. The summed E-state index contributed by atoms with van der Waals surface area (Å²) < 4.78 is 10.9. The van der Waals surface area contributed by atoms with Gasteiger partial charge in [0.25, 0.3) is 0 Å². The quantitative estimate of drug-likeness (QED) is 0.798. The van der Waals surface area contributed by atoms with Gasteiger partial charge in [0.1, 0.15) is 5.75 Å². The van der Waals surface area contributed by atoms with Gasteiger partial charge >= 0.3 is 0 Å². The highest BCUT2D eigenvalue weighted by molar-refractivity contribution is 5.30. The first kappa shape index (κ1) is 16.3. The first-order valence-electron chi connectivity index (χ1n) is 7.79. The summed E-state index contributed by atoms with van der Waals surface area (Å²) in [7, 11) is 5.95. The second-order valence-electron chi connectivity index (χ2n) is 5.91. The number of nitrogens with one attached hydrogen (secondary N) is 1. The van der Waals surface area contributed by atoms with E-state index in [1.807, 2.05) is 6.07 Å². The summed E-state index contributed by atoms with van der Waals surface area (Å²) in [4.78, 5) is 2.25. The van der Waals surface area contributed by atoms with E-state index in [0.29, 0.717) is 18.2 Å². The number of hydrogen-bond donors (Lipinski definition) is 1. The van der Waals surface area contributed by atoms with Gasteiger partial charge in [0.05, 0.1) is 13.2 Å². The van der Waals surface area contributed by atoms with Gasteiger partial charge < -0.3 is 19.7 Å². The Morgan fingerprint density at radius 2 is 2.10 bits per heavy atom. The van der Waals surface area contributed by atoms with E-state index >= 15 is 0 Å². The van der Waals surface area contributed by atoms with Crippen LogP contribution in [0.1, 0.15) is 31.4 Å². The van der Waals surface area contributed by atoms with Crippen LogP contribution >= 0.6 is 0 Å². The van der Waals surface area contributed by atoms with Gasteiger partial charge in [-0.05, 0) is 51.6 Å². The van der Waals surface area contributed by atoms with E-state index in [1.165, 1.54) is 5.56 Å². The lowest BCUT2D eigenvalue weighted by Crippen LogP contribution is -2.47. The Kier molecular flexibility index (Phi) is 6.03. The maximum atomic E-state index is 5.61. The van der Waals surface area contributed by atoms with Crippen LogP contribution in [0.3, 0.4) is 0 Å². The van der Waals surface area contributed by atoms with E-state index in [2.05, 4.69) is 49.4 Å². The number of likely N-dealkylation sites (N-methyl/N-ethyl adjacent to an activating group) is 1. The Labute approximate surface area is 128 Å². The third kappa shape index (κ3) is 4.43. The Hall–Kier alpha value is -1.10. The van der Waals surface area contributed by atoms with E-state index in [9.17, 15) is 0 Å². The summed E-state index contributed by atoms with van der Waals surface area (Å²) in [6, 6.07) is 9.27. The van der Waals surface area contributed by atoms with Gasteiger partial charge in [-0.15, -0.1) is 0 Å². The molecule has 0 radical (unpaired) electrons. The molecular formula is C17H28N2O2. The molecule has 0 heterocycles. The van der Waals surface area contributed by atoms with Crippen molar-refractivity contribution in [3.63, 3.8) is 0 Å². The highest BCUT2D eigenvalue weighted by Crippen LogP contribution is 2.26. The first-order chi connectivity index (χ1) is 10.1. The second-order valence-corrected chi connectivity index (χ2v) is 5.91. The second kappa shape index (κ2) is 7.78. The molecule has 0 spiro atoms. The maximum Gasteiger partial charge on any atom is 0.119 e. The van der Waals surface area contributed by atoms with Crippen LogP contribution in [0.5, 0.6) is 5.75 Å². The maximum absolute atomic E-state index is 5.61. The molecule has 4 nitrogen and oxygen atoms in total. The summed E-state index contributed by atoms with van der Waals surface area (Å²) >= 11 is 0. The summed E-state index contributed by atoms with van der Waals surface area (Å²) in [6.07, 6.45) is 2.72. The van der Waals surface area contributed by atoms with Crippen LogP contribution in [0.15, 0.2) is 24.3 Å². The Morgan fingerprint density at radius 3 is 2.71 bits per heavy atom. The van der Waals surface area contributed by atoms with Crippen LogP contribution in [0.2, 0.25) is 0 Å². The molecule has 1 aliphatic rings. The van der Waals surface area contributed by atoms with Gasteiger partial charge in [-0.25, -0.2) is 0 Å². The van der Waals surface area contributed by atoms with Gasteiger partial charge in [0, 0.05) is 25.2 Å². The molecule has 4 heteroatoms. The molecule has 1 aromatic carbocycles. The molecular weight excluding hydrogens is 264 g/mol. The highest BCUT2D eigenvalue weighted by Gasteiger charge is 2.29. The number of methoxy groups -OCH3 is 1. The van der Waals surface area contributed by atoms with E-state index < -0.39 is 0 Å². The highest BCUT2D eigenvalue weighted by atomic mass is 16.5. The standard InChI is InChI=1S/C17H28N2O2/c1-5-21-16-10-14(11-16)18-12-17(19(2)3)13-7-6-8-15(9-13)20-4/h6-9,14,16-18H,5,10-12H2,1-4H3. The Balaban J connectivity index is 1.88. The van der Waals surface area contributed by atoms with Crippen LogP contribution in [0.25, 0.3) is 0 Å². The van der Waals surface area contributed by atoms with E-state index in [-0.39, 0.29) is 0 Å². The predicted octanol–water partition coefficient (Wildman–Crippen LogP) is 2.46. The van der Waals surface area contributed by atoms with Crippen molar-refractivity contribution in [2.75, 3.05) is 34.4 Å². The lowest BCUT2D eigenvalue weighted by atomic mass is 9.89. The van der Waals surface area contributed by atoms with Crippen LogP contribution < -0.4 is 10.1 Å². The van der Waals surface area contributed by atoms with Gasteiger partial charge in [0.15, 0.2) is 0 Å². The molecule has 0 aliphatic heterocycles. The SMILES string of the molecule is CCOC1CC(NCC(c2cccc(OC)c2)N(C)C)C1. The Bertz CT molecular complexity index is 431. The number of ether oxygens (including phenoxy) is 2. The lowest BCUT2D eigenvalue weighted by Gasteiger charge is -2.37. The van der Waals surface area contributed by atoms with Gasteiger partial charge in [-0.3, -0.25) is 0 Å². The minimum Gasteiger partial charge on any atom is -0.497 e. The fourth-order valence-corrected chi connectivity index (χ4v) is 2.83. The fraction of sp³-hybridized carbons (Fsp3) is 0.647. The fourth-order valence-electron chi connectivity index (χ4n) is 2.83. The molecule has 2 rings (SSSR count). The molecule has 0 amide bonds. The largest absolute Gasteiger partial charge is 0.497 e. The monoisotopic (exact) mass is 292 g/mol. The zero-order valence-electron chi connectivity index (χ0n) is 13.6. The number of hydrogen-bond acceptors (Lipinski definition) is 4. The summed E-state index contributed by atoms with van der Waals surface area (Å²) in [6.45, 7) is 3.83. The van der Waals surface area contributed by atoms with Gasteiger partial charge in [-0.1, -0.05) is 12.1 Å². The molecule has 1 atom stereocenters. The van der Waals surface area contributed by atoms with Crippen LogP contribution in [-0.2, 0) is 4.74 Å². The molecule has 0 bridgehead atoms. The van der Waals surface area contributed by atoms with Gasteiger partial charge in [0.2, 0.25) is 0 Å².